The molecule has 0 bridgehead atoms. The van der Waals surface area contributed by atoms with Crippen molar-refractivity contribution in [3.8, 4) is 17.2 Å². The molecule has 0 unspecified atom stereocenters. The molecule has 0 N–H and O–H groups in total. The highest BCUT2D eigenvalue weighted by Crippen LogP contribution is 2.29. The Morgan fingerprint density at radius 1 is 1.29 bits per heavy atom. The van der Waals surface area contributed by atoms with Crippen LogP contribution < -0.4 is 4.74 Å². The molecule has 3 heterocycles. The molecule has 1 fully saturated rings. The van der Waals surface area contributed by atoms with E-state index in [0.29, 0.717) is 30.5 Å². The van der Waals surface area contributed by atoms with Crippen molar-refractivity contribution in [3.05, 3.63) is 48.0 Å². The number of hydrogen-bond acceptors (Lipinski definition) is 6. The van der Waals surface area contributed by atoms with Crippen molar-refractivity contribution in [2.45, 2.75) is 32.2 Å². The molecule has 8 heteroatoms. The minimum atomic E-state index is -0.0177. The maximum absolute atomic E-state index is 12.6. The zero-order valence-electron chi connectivity index (χ0n) is 16.0. The van der Waals surface area contributed by atoms with Gasteiger partial charge in [-0.15, -0.1) is 0 Å². The van der Waals surface area contributed by atoms with Crippen LogP contribution >= 0.6 is 0 Å². The predicted octanol–water partition coefficient (Wildman–Crippen LogP) is 2.98. The number of nitrogens with zero attached hydrogens (tertiary/aromatic N) is 5. The van der Waals surface area contributed by atoms with Crippen LogP contribution in [0.1, 0.15) is 42.0 Å². The van der Waals surface area contributed by atoms with Crippen molar-refractivity contribution in [3.63, 3.8) is 0 Å². The number of piperidine rings is 1. The van der Waals surface area contributed by atoms with Crippen molar-refractivity contribution < 1.29 is 14.1 Å². The third-order valence-corrected chi connectivity index (χ3v) is 5.09. The SMILES string of the molecule is CCn1ccc(C(=O)N2CCC(c3noc(-c4cccc(OC)c4)n3)CC2)n1. The first-order chi connectivity index (χ1) is 13.7. The van der Waals surface area contributed by atoms with Crippen LogP contribution in [0.2, 0.25) is 0 Å². The van der Waals surface area contributed by atoms with Crippen LogP contribution in [0.15, 0.2) is 41.1 Å². The largest absolute Gasteiger partial charge is 0.497 e. The Morgan fingerprint density at radius 3 is 2.82 bits per heavy atom. The number of aromatic nitrogens is 4. The van der Waals surface area contributed by atoms with E-state index in [1.165, 1.54) is 0 Å². The van der Waals surface area contributed by atoms with Gasteiger partial charge in [-0.1, -0.05) is 11.2 Å². The summed E-state index contributed by atoms with van der Waals surface area (Å²) in [5.41, 5.74) is 1.33. The molecule has 0 atom stereocenters. The highest BCUT2D eigenvalue weighted by atomic mass is 16.5. The molecule has 28 heavy (non-hydrogen) atoms. The molecule has 0 radical (unpaired) electrons. The minimum Gasteiger partial charge on any atom is -0.497 e. The number of carbonyl (C=O) groups excluding carboxylic acids is 1. The van der Waals surface area contributed by atoms with Crippen molar-refractivity contribution in [2.24, 2.45) is 0 Å². The van der Waals surface area contributed by atoms with E-state index in [-0.39, 0.29) is 11.8 Å². The maximum atomic E-state index is 12.6. The molecule has 0 aliphatic carbocycles. The standard InChI is InChI=1S/C20H23N5O3/c1-3-25-12-9-17(22-25)20(26)24-10-7-14(8-11-24)18-21-19(28-23-18)15-5-4-6-16(13-15)27-2/h4-6,9,12-14H,3,7-8,10-11H2,1-2H3. The Hall–Kier alpha value is -3.16. The Labute approximate surface area is 163 Å². The summed E-state index contributed by atoms with van der Waals surface area (Å²) in [7, 11) is 1.63. The molecule has 146 valence electrons. The van der Waals surface area contributed by atoms with Gasteiger partial charge in [0.1, 0.15) is 11.4 Å². The molecular formula is C20H23N5O3. The van der Waals surface area contributed by atoms with Crippen LogP contribution in [0.25, 0.3) is 11.5 Å². The van der Waals surface area contributed by atoms with E-state index in [2.05, 4.69) is 15.2 Å². The van der Waals surface area contributed by atoms with Crippen LogP contribution in [0.4, 0.5) is 0 Å². The summed E-state index contributed by atoms with van der Waals surface area (Å²) in [5.74, 6) is 2.09. The van der Waals surface area contributed by atoms with E-state index in [4.69, 9.17) is 9.26 Å². The average Bonchev–Trinajstić information content (AvgIpc) is 3.43. The van der Waals surface area contributed by atoms with Gasteiger partial charge in [0.25, 0.3) is 11.8 Å². The average molecular weight is 381 g/mol. The van der Waals surface area contributed by atoms with Gasteiger partial charge in [-0.2, -0.15) is 10.1 Å². The topological polar surface area (TPSA) is 86.3 Å². The summed E-state index contributed by atoms with van der Waals surface area (Å²) < 4.78 is 12.5. The fourth-order valence-electron chi connectivity index (χ4n) is 3.43. The first-order valence-electron chi connectivity index (χ1n) is 9.48. The van der Waals surface area contributed by atoms with Crippen LogP contribution in [-0.4, -0.2) is 50.9 Å². The lowest BCUT2D eigenvalue weighted by Crippen LogP contribution is -2.38. The fourth-order valence-corrected chi connectivity index (χ4v) is 3.43. The summed E-state index contributed by atoms with van der Waals surface area (Å²) in [4.78, 5) is 19.0. The molecule has 1 aliphatic heterocycles. The minimum absolute atomic E-state index is 0.0177. The molecule has 1 saturated heterocycles. The summed E-state index contributed by atoms with van der Waals surface area (Å²) in [6, 6.07) is 9.32. The van der Waals surface area contributed by atoms with Gasteiger partial charge < -0.3 is 14.2 Å². The number of benzene rings is 1. The second kappa shape index (κ2) is 7.84. The first kappa shape index (κ1) is 18.2. The number of hydrogen-bond donors (Lipinski definition) is 0. The first-order valence-corrected chi connectivity index (χ1v) is 9.48. The van der Waals surface area contributed by atoms with Crippen molar-refractivity contribution in [1.82, 2.24) is 24.8 Å². The van der Waals surface area contributed by atoms with Gasteiger partial charge >= 0.3 is 0 Å². The third kappa shape index (κ3) is 3.62. The molecule has 1 aromatic carbocycles. The molecule has 0 spiro atoms. The zero-order chi connectivity index (χ0) is 19.5. The lowest BCUT2D eigenvalue weighted by molar-refractivity contribution is 0.0703. The lowest BCUT2D eigenvalue weighted by atomic mass is 9.96. The summed E-state index contributed by atoms with van der Waals surface area (Å²) in [5, 5.41) is 8.48. The van der Waals surface area contributed by atoms with E-state index in [1.807, 2.05) is 42.3 Å². The van der Waals surface area contributed by atoms with Gasteiger partial charge in [0.2, 0.25) is 0 Å². The number of carbonyl (C=O) groups is 1. The summed E-state index contributed by atoms with van der Waals surface area (Å²) in [6.45, 7) is 4.07. The molecule has 1 aliphatic rings. The number of ether oxygens (including phenoxy) is 1. The van der Waals surface area contributed by atoms with Crippen LogP contribution in [0.3, 0.4) is 0 Å². The van der Waals surface area contributed by atoms with E-state index in [1.54, 1.807) is 17.9 Å². The van der Waals surface area contributed by atoms with Crippen molar-refractivity contribution in [1.29, 1.82) is 0 Å². The summed E-state index contributed by atoms with van der Waals surface area (Å²) in [6.07, 6.45) is 3.44. The second-order valence-electron chi connectivity index (χ2n) is 6.81. The molecule has 3 aromatic rings. The Bertz CT molecular complexity index is 956. The number of likely N-dealkylation sites (tertiary alicyclic amines) is 1. The van der Waals surface area contributed by atoms with Gasteiger partial charge in [-0.3, -0.25) is 9.48 Å². The van der Waals surface area contributed by atoms with E-state index in [9.17, 15) is 4.79 Å². The maximum Gasteiger partial charge on any atom is 0.274 e. The zero-order valence-corrected chi connectivity index (χ0v) is 16.0. The van der Waals surface area contributed by atoms with E-state index < -0.39 is 0 Å². The van der Waals surface area contributed by atoms with E-state index >= 15 is 0 Å². The van der Waals surface area contributed by atoms with Crippen LogP contribution in [0.5, 0.6) is 5.75 Å². The molecule has 4 rings (SSSR count). The number of rotatable bonds is 5. The third-order valence-electron chi connectivity index (χ3n) is 5.09. The van der Waals surface area contributed by atoms with Crippen LogP contribution in [0, 0.1) is 0 Å². The quantitative estimate of drug-likeness (QED) is 0.675. The van der Waals surface area contributed by atoms with Gasteiger partial charge in [-0.25, -0.2) is 0 Å². The lowest BCUT2D eigenvalue weighted by Gasteiger charge is -2.30. The summed E-state index contributed by atoms with van der Waals surface area (Å²) >= 11 is 0. The van der Waals surface area contributed by atoms with Gasteiger partial charge in [0.15, 0.2) is 5.82 Å². The van der Waals surface area contributed by atoms with Gasteiger partial charge in [-0.05, 0) is 44.0 Å². The molecule has 2 aromatic heterocycles. The Morgan fingerprint density at radius 2 is 2.11 bits per heavy atom. The molecule has 0 saturated carbocycles. The Kier molecular flexibility index (Phi) is 5.10. The van der Waals surface area contributed by atoms with E-state index in [0.717, 1.165) is 30.7 Å². The van der Waals surface area contributed by atoms with Crippen molar-refractivity contribution >= 4 is 5.91 Å². The highest BCUT2D eigenvalue weighted by molar-refractivity contribution is 5.92. The van der Waals surface area contributed by atoms with Gasteiger partial charge in [0, 0.05) is 37.3 Å². The van der Waals surface area contributed by atoms with Crippen molar-refractivity contribution in [2.75, 3.05) is 20.2 Å². The fraction of sp³-hybridized carbons (Fsp3) is 0.400. The van der Waals surface area contributed by atoms with Crippen LogP contribution in [-0.2, 0) is 6.54 Å². The highest BCUT2D eigenvalue weighted by Gasteiger charge is 2.28. The normalized spacial score (nSPS) is 15.0. The predicted molar refractivity (Wildman–Crippen MR) is 102 cm³/mol. The second-order valence-corrected chi connectivity index (χ2v) is 6.81. The number of aryl methyl sites for hydroxylation is 1. The van der Waals surface area contributed by atoms with Gasteiger partial charge in [0.05, 0.1) is 7.11 Å². The molecular weight excluding hydrogens is 358 g/mol. The Balaban J connectivity index is 1.40. The monoisotopic (exact) mass is 381 g/mol. The number of methoxy groups -OCH3 is 1. The molecule has 8 nitrogen and oxygen atoms in total. The molecule has 1 amide bonds. The number of amides is 1. The smallest absolute Gasteiger partial charge is 0.274 e.